The van der Waals surface area contributed by atoms with Crippen molar-refractivity contribution in [1.82, 2.24) is 4.90 Å². The molecule has 2 aromatic carbocycles. The molecular weight excluding hydrogens is 310 g/mol. The molecule has 1 saturated heterocycles. The van der Waals surface area contributed by atoms with Crippen LogP contribution in [0.25, 0.3) is 0 Å². The first-order valence-electron chi connectivity index (χ1n) is 8.85. The number of Topliss-reactive ketones (excluding diaryl/α,β-unsaturated/α-hetero) is 1. The third-order valence-electron chi connectivity index (χ3n) is 5.40. The zero-order valence-corrected chi connectivity index (χ0v) is 14.4. The Balaban J connectivity index is 1.53. The highest BCUT2D eigenvalue weighted by atomic mass is 16.1. The molecule has 0 bridgehead atoms. The molecule has 0 aromatic heterocycles. The number of nitrogens with zero attached hydrogens (tertiary/aromatic N) is 1. The summed E-state index contributed by atoms with van der Waals surface area (Å²) in [6.07, 6.45) is 3.54. The van der Waals surface area contributed by atoms with Crippen LogP contribution in [0.5, 0.6) is 0 Å². The van der Waals surface area contributed by atoms with Gasteiger partial charge in [0.25, 0.3) is 0 Å². The van der Waals surface area contributed by atoms with Crippen LogP contribution in [0.3, 0.4) is 0 Å². The number of rotatable bonds is 2. The summed E-state index contributed by atoms with van der Waals surface area (Å²) in [6.45, 7) is 3.78. The third-order valence-corrected chi connectivity index (χ3v) is 5.40. The maximum Gasteiger partial charge on any atom is 0.209 e. The molecule has 0 atom stereocenters. The number of hydrogen-bond donors (Lipinski definition) is 0. The maximum absolute atomic E-state index is 12.8. The number of piperidine rings is 1. The summed E-state index contributed by atoms with van der Waals surface area (Å²) in [4.78, 5) is 27.3. The van der Waals surface area contributed by atoms with Crippen molar-refractivity contribution in [2.24, 2.45) is 0 Å². The minimum Gasteiger partial charge on any atom is -0.368 e. The summed E-state index contributed by atoms with van der Waals surface area (Å²) in [7, 11) is 0. The van der Waals surface area contributed by atoms with Crippen molar-refractivity contribution in [3.05, 3.63) is 82.6 Å². The van der Waals surface area contributed by atoms with E-state index < -0.39 is 0 Å². The second-order valence-corrected chi connectivity index (χ2v) is 6.89. The van der Waals surface area contributed by atoms with Crippen molar-refractivity contribution < 1.29 is 9.59 Å². The quantitative estimate of drug-likeness (QED) is 0.830. The van der Waals surface area contributed by atoms with Crippen molar-refractivity contribution in [1.29, 1.82) is 0 Å². The Morgan fingerprint density at radius 1 is 0.880 bits per heavy atom. The van der Waals surface area contributed by atoms with Gasteiger partial charge in [0.05, 0.1) is 5.70 Å². The van der Waals surface area contributed by atoms with Crippen LogP contribution in [0.2, 0.25) is 0 Å². The van der Waals surface area contributed by atoms with Crippen LogP contribution in [0, 0.1) is 6.92 Å². The van der Waals surface area contributed by atoms with Gasteiger partial charge >= 0.3 is 0 Å². The van der Waals surface area contributed by atoms with Crippen LogP contribution in [-0.2, 0) is 0 Å². The first kappa shape index (κ1) is 15.8. The summed E-state index contributed by atoms with van der Waals surface area (Å²) in [5, 5.41) is 0. The fraction of sp³-hybridized carbons (Fsp3) is 0.273. The Hall–Kier alpha value is -2.68. The number of fused-ring (bicyclic) bond motifs is 1. The Kier molecular flexibility index (Phi) is 4.00. The predicted octanol–water partition coefficient (Wildman–Crippen LogP) is 4.14. The van der Waals surface area contributed by atoms with Gasteiger partial charge in [-0.15, -0.1) is 0 Å². The van der Waals surface area contributed by atoms with Crippen molar-refractivity contribution >= 4 is 11.6 Å². The molecule has 1 fully saturated rings. The van der Waals surface area contributed by atoms with Gasteiger partial charge in [0.2, 0.25) is 5.78 Å². The molecule has 0 unspecified atom stereocenters. The zero-order chi connectivity index (χ0) is 17.4. The lowest BCUT2D eigenvalue weighted by Crippen LogP contribution is -2.37. The molecule has 0 saturated carbocycles. The molecule has 2 aliphatic rings. The molecule has 1 aliphatic carbocycles. The normalized spacial score (nSPS) is 18.1. The van der Waals surface area contributed by atoms with E-state index in [0.29, 0.717) is 22.7 Å². The molecule has 1 heterocycles. The Labute approximate surface area is 148 Å². The van der Waals surface area contributed by atoms with Crippen LogP contribution in [-0.4, -0.2) is 29.6 Å². The first-order valence-corrected chi connectivity index (χ1v) is 8.85. The predicted molar refractivity (Wildman–Crippen MR) is 97.9 cm³/mol. The molecule has 25 heavy (non-hydrogen) atoms. The Morgan fingerprint density at radius 3 is 2.24 bits per heavy atom. The Bertz CT molecular complexity index is 873. The molecule has 126 valence electrons. The number of carbonyl (C=O) groups excluding carboxylic acids is 2. The van der Waals surface area contributed by atoms with Gasteiger partial charge in [0.1, 0.15) is 0 Å². The van der Waals surface area contributed by atoms with Crippen LogP contribution in [0.4, 0.5) is 0 Å². The lowest BCUT2D eigenvalue weighted by Gasteiger charge is -2.36. The minimum atomic E-state index is -0.0637. The second-order valence-electron chi connectivity index (χ2n) is 6.89. The number of likely N-dealkylation sites (tertiary alicyclic amines) is 1. The average Bonchev–Trinajstić information content (AvgIpc) is 2.65. The van der Waals surface area contributed by atoms with E-state index in [4.69, 9.17) is 0 Å². The summed E-state index contributed by atoms with van der Waals surface area (Å²) in [5.74, 6) is 0.440. The lowest BCUT2D eigenvalue weighted by atomic mass is 9.85. The number of hydrogen-bond acceptors (Lipinski definition) is 3. The van der Waals surface area contributed by atoms with E-state index in [2.05, 4.69) is 36.1 Å². The number of aryl methyl sites for hydroxylation is 1. The molecule has 0 radical (unpaired) electrons. The average molecular weight is 331 g/mol. The second kappa shape index (κ2) is 6.32. The van der Waals surface area contributed by atoms with Gasteiger partial charge in [-0.1, -0.05) is 48.5 Å². The fourth-order valence-electron chi connectivity index (χ4n) is 4.01. The van der Waals surface area contributed by atoms with Gasteiger partial charge in [-0.05, 0) is 36.8 Å². The molecule has 3 heteroatoms. The van der Waals surface area contributed by atoms with Gasteiger partial charge in [-0.25, -0.2) is 0 Å². The minimum absolute atomic E-state index is 0.0236. The van der Waals surface area contributed by atoms with E-state index in [-0.39, 0.29) is 11.6 Å². The maximum atomic E-state index is 12.8. The van der Waals surface area contributed by atoms with E-state index in [1.807, 2.05) is 6.07 Å². The van der Waals surface area contributed by atoms with Crippen molar-refractivity contribution in [3.8, 4) is 0 Å². The van der Waals surface area contributed by atoms with Crippen LogP contribution >= 0.6 is 0 Å². The van der Waals surface area contributed by atoms with Crippen molar-refractivity contribution in [2.45, 2.75) is 25.7 Å². The van der Waals surface area contributed by atoms with Crippen molar-refractivity contribution in [3.63, 3.8) is 0 Å². The molecule has 0 spiro atoms. The number of benzene rings is 2. The molecule has 0 amide bonds. The highest BCUT2D eigenvalue weighted by Gasteiger charge is 2.31. The van der Waals surface area contributed by atoms with E-state index in [9.17, 15) is 9.59 Å². The zero-order valence-electron chi connectivity index (χ0n) is 14.4. The van der Waals surface area contributed by atoms with Crippen LogP contribution < -0.4 is 0 Å². The lowest BCUT2D eigenvalue weighted by molar-refractivity contribution is 0.0941. The largest absolute Gasteiger partial charge is 0.368 e. The number of allylic oxidation sites excluding steroid dienone is 2. The van der Waals surface area contributed by atoms with E-state index >= 15 is 0 Å². The van der Waals surface area contributed by atoms with Gasteiger partial charge in [0.15, 0.2) is 5.78 Å². The van der Waals surface area contributed by atoms with Crippen LogP contribution in [0.1, 0.15) is 50.6 Å². The highest BCUT2D eigenvalue weighted by molar-refractivity contribution is 6.24. The summed E-state index contributed by atoms with van der Waals surface area (Å²) < 4.78 is 0. The third kappa shape index (κ3) is 2.80. The molecule has 2 aromatic rings. The smallest absolute Gasteiger partial charge is 0.209 e. The van der Waals surface area contributed by atoms with Gasteiger partial charge in [-0.2, -0.15) is 0 Å². The van der Waals surface area contributed by atoms with Gasteiger partial charge < -0.3 is 4.90 Å². The Morgan fingerprint density at radius 2 is 1.52 bits per heavy atom. The van der Waals surface area contributed by atoms with E-state index in [0.717, 1.165) is 25.9 Å². The number of carbonyl (C=O) groups is 2. The molecule has 1 aliphatic heterocycles. The SMILES string of the molecule is Cc1ccccc1C1CCN(C2=CC(=O)c3ccccc3C2=O)CC1. The van der Waals surface area contributed by atoms with E-state index in [1.54, 1.807) is 18.2 Å². The monoisotopic (exact) mass is 331 g/mol. The highest BCUT2D eigenvalue weighted by Crippen LogP contribution is 2.33. The topological polar surface area (TPSA) is 37.4 Å². The molecule has 0 N–H and O–H groups in total. The van der Waals surface area contributed by atoms with Crippen LogP contribution in [0.15, 0.2) is 60.3 Å². The van der Waals surface area contributed by atoms with E-state index in [1.165, 1.54) is 17.2 Å². The first-order chi connectivity index (χ1) is 12.1. The fourth-order valence-corrected chi connectivity index (χ4v) is 4.01. The summed E-state index contributed by atoms with van der Waals surface area (Å²) in [5.41, 5.74) is 4.36. The summed E-state index contributed by atoms with van der Waals surface area (Å²) >= 11 is 0. The number of ketones is 2. The summed E-state index contributed by atoms with van der Waals surface area (Å²) in [6, 6.07) is 15.6. The molecular formula is C22H21NO2. The molecule has 4 rings (SSSR count). The van der Waals surface area contributed by atoms with Gasteiger partial charge in [0, 0.05) is 30.3 Å². The molecule has 3 nitrogen and oxygen atoms in total. The van der Waals surface area contributed by atoms with Crippen molar-refractivity contribution in [2.75, 3.05) is 13.1 Å². The standard InChI is InChI=1S/C22H21NO2/c1-15-6-2-3-7-17(15)16-10-12-23(13-11-16)20-14-21(24)18-8-4-5-9-19(18)22(20)25/h2-9,14,16H,10-13H2,1H3. The van der Waals surface area contributed by atoms with Gasteiger partial charge in [-0.3, -0.25) is 9.59 Å².